The van der Waals surface area contributed by atoms with Crippen LogP contribution < -0.4 is 9.64 Å². The molecule has 2 aromatic carbocycles. The van der Waals surface area contributed by atoms with Crippen LogP contribution in [0.5, 0.6) is 5.75 Å². The van der Waals surface area contributed by atoms with Gasteiger partial charge in [0.05, 0.1) is 19.3 Å². The molecule has 2 aliphatic rings. The molecule has 1 spiro atoms. The number of hydrogen-bond acceptors (Lipinski definition) is 4. The fourth-order valence-electron chi connectivity index (χ4n) is 4.00. The first kappa shape index (κ1) is 18.9. The summed E-state index contributed by atoms with van der Waals surface area (Å²) in [6, 6.07) is 14.4. The van der Waals surface area contributed by atoms with Gasteiger partial charge in [-0.3, -0.25) is 9.69 Å². The summed E-state index contributed by atoms with van der Waals surface area (Å²) < 4.78 is 24.8. The topological polar surface area (TPSA) is 42.0 Å². The molecule has 0 radical (unpaired) electrons. The summed E-state index contributed by atoms with van der Waals surface area (Å²) in [6.07, 6.45) is 1.70. The zero-order valence-corrected chi connectivity index (χ0v) is 16.1. The number of piperidine rings is 1. The van der Waals surface area contributed by atoms with Crippen molar-refractivity contribution in [3.63, 3.8) is 0 Å². The van der Waals surface area contributed by atoms with Gasteiger partial charge in [0.15, 0.2) is 0 Å². The van der Waals surface area contributed by atoms with Crippen LogP contribution in [0.1, 0.15) is 18.4 Å². The smallest absolute Gasteiger partial charge is 0.253 e. The van der Waals surface area contributed by atoms with Gasteiger partial charge in [0.1, 0.15) is 18.2 Å². The van der Waals surface area contributed by atoms with Crippen LogP contribution in [0.3, 0.4) is 0 Å². The van der Waals surface area contributed by atoms with E-state index in [0.29, 0.717) is 12.2 Å². The van der Waals surface area contributed by atoms with Crippen molar-refractivity contribution >= 4 is 11.6 Å². The average Bonchev–Trinajstić information content (AvgIpc) is 2.72. The molecule has 6 heteroatoms. The molecule has 2 aromatic rings. The van der Waals surface area contributed by atoms with Crippen LogP contribution in [0.15, 0.2) is 48.5 Å². The molecule has 0 aromatic heterocycles. The molecule has 0 atom stereocenters. The Morgan fingerprint density at radius 2 is 1.89 bits per heavy atom. The monoisotopic (exact) mass is 384 g/mol. The van der Waals surface area contributed by atoms with E-state index in [1.165, 1.54) is 17.7 Å². The molecule has 0 saturated carbocycles. The second kappa shape index (κ2) is 7.89. The van der Waals surface area contributed by atoms with E-state index in [-0.39, 0.29) is 23.9 Å². The van der Waals surface area contributed by atoms with Crippen molar-refractivity contribution in [1.82, 2.24) is 4.90 Å². The zero-order chi connectivity index (χ0) is 19.6. The minimum absolute atomic E-state index is 0.0506. The van der Waals surface area contributed by atoms with Crippen LogP contribution >= 0.6 is 0 Å². The normalized spacial score (nSPS) is 19.8. The molecule has 0 aliphatic carbocycles. The number of amides is 1. The van der Waals surface area contributed by atoms with Gasteiger partial charge in [-0.2, -0.15) is 0 Å². The quantitative estimate of drug-likeness (QED) is 0.812. The molecular formula is C22H25FN2O3. The molecule has 0 bridgehead atoms. The Morgan fingerprint density at radius 3 is 2.57 bits per heavy atom. The lowest BCUT2D eigenvalue weighted by atomic mass is 9.88. The summed E-state index contributed by atoms with van der Waals surface area (Å²) in [5.41, 5.74) is 1.50. The van der Waals surface area contributed by atoms with Crippen LogP contribution in [0.25, 0.3) is 0 Å². The molecule has 2 aliphatic heterocycles. The predicted molar refractivity (Wildman–Crippen MR) is 105 cm³/mol. The lowest BCUT2D eigenvalue weighted by Crippen LogP contribution is -2.58. The van der Waals surface area contributed by atoms with Gasteiger partial charge < -0.3 is 14.4 Å². The number of halogens is 1. The van der Waals surface area contributed by atoms with Crippen molar-refractivity contribution in [2.24, 2.45) is 0 Å². The molecule has 2 saturated heterocycles. The largest absolute Gasteiger partial charge is 0.497 e. The molecule has 2 fully saturated rings. The number of morpholine rings is 1. The van der Waals surface area contributed by atoms with E-state index in [4.69, 9.17) is 9.47 Å². The summed E-state index contributed by atoms with van der Waals surface area (Å²) in [4.78, 5) is 16.4. The lowest BCUT2D eigenvalue weighted by molar-refractivity contribution is -0.144. The van der Waals surface area contributed by atoms with E-state index in [2.05, 4.69) is 17.0 Å². The van der Waals surface area contributed by atoms with Crippen molar-refractivity contribution in [3.8, 4) is 5.75 Å². The van der Waals surface area contributed by atoms with Gasteiger partial charge in [0, 0.05) is 25.3 Å². The minimum atomic E-state index is -0.351. The third-order valence-electron chi connectivity index (χ3n) is 5.70. The molecule has 0 N–H and O–H groups in total. The van der Waals surface area contributed by atoms with Crippen LogP contribution in [0.2, 0.25) is 0 Å². The first-order valence-electron chi connectivity index (χ1n) is 9.62. The summed E-state index contributed by atoms with van der Waals surface area (Å²) >= 11 is 0. The molecule has 2 heterocycles. The van der Waals surface area contributed by atoms with Crippen molar-refractivity contribution < 1.29 is 18.7 Å². The highest BCUT2D eigenvalue weighted by molar-refractivity contribution is 5.95. The molecule has 1 amide bonds. The number of nitrogens with zero attached hydrogens (tertiary/aromatic N) is 2. The Bertz CT molecular complexity index is 832. The highest BCUT2D eigenvalue weighted by Gasteiger charge is 2.42. The molecule has 5 nitrogen and oxygen atoms in total. The van der Waals surface area contributed by atoms with Crippen molar-refractivity contribution in [3.05, 3.63) is 59.9 Å². The van der Waals surface area contributed by atoms with E-state index >= 15 is 0 Å². The highest BCUT2D eigenvalue weighted by Crippen LogP contribution is 2.33. The Morgan fingerprint density at radius 1 is 1.14 bits per heavy atom. The number of anilines is 1. The van der Waals surface area contributed by atoms with Crippen LogP contribution in [0.4, 0.5) is 10.1 Å². The Kier molecular flexibility index (Phi) is 5.33. The van der Waals surface area contributed by atoms with Crippen LogP contribution in [0, 0.1) is 5.82 Å². The average molecular weight is 384 g/mol. The van der Waals surface area contributed by atoms with Gasteiger partial charge in [-0.15, -0.1) is 0 Å². The third-order valence-corrected chi connectivity index (χ3v) is 5.70. The number of ether oxygens (including phenoxy) is 2. The Labute approximate surface area is 164 Å². The van der Waals surface area contributed by atoms with E-state index in [9.17, 15) is 9.18 Å². The fraction of sp³-hybridized carbons (Fsp3) is 0.409. The second-order valence-corrected chi connectivity index (χ2v) is 7.56. The SMILES string of the molecule is COc1ccc(CN2CCC3(CC2)CN(c2cccc(F)c2)C(=O)CO3)cc1. The van der Waals surface area contributed by atoms with Gasteiger partial charge in [-0.25, -0.2) is 4.39 Å². The summed E-state index contributed by atoms with van der Waals surface area (Å²) in [7, 11) is 1.67. The van der Waals surface area contributed by atoms with Gasteiger partial charge in [0.25, 0.3) is 5.91 Å². The van der Waals surface area contributed by atoms with E-state index in [1.54, 1.807) is 24.1 Å². The van der Waals surface area contributed by atoms with Crippen molar-refractivity contribution in [2.75, 3.05) is 38.3 Å². The van der Waals surface area contributed by atoms with Crippen LogP contribution in [-0.4, -0.2) is 49.8 Å². The highest BCUT2D eigenvalue weighted by atomic mass is 19.1. The number of methoxy groups -OCH3 is 1. The van der Waals surface area contributed by atoms with E-state index in [1.807, 2.05) is 12.1 Å². The van der Waals surface area contributed by atoms with Gasteiger partial charge in [0.2, 0.25) is 0 Å². The third kappa shape index (κ3) is 4.03. The maximum Gasteiger partial charge on any atom is 0.253 e. The van der Waals surface area contributed by atoms with Crippen molar-refractivity contribution in [1.29, 1.82) is 0 Å². The van der Waals surface area contributed by atoms with Crippen LogP contribution in [-0.2, 0) is 16.1 Å². The van der Waals surface area contributed by atoms with Gasteiger partial charge in [-0.05, 0) is 48.7 Å². The zero-order valence-electron chi connectivity index (χ0n) is 16.1. The second-order valence-electron chi connectivity index (χ2n) is 7.56. The minimum Gasteiger partial charge on any atom is -0.497 e. The fourth-order valence-corrected chi connectivity index (χ4v) is 4.00. The number of hydrogen-bond donors (Lipinski definition) is 0. The lowest BCUT2D eigenvalue weighted by Gasteiger charge is -2.47. The molecule has 4 rings (SSSR count). The number of carbonyl (C=O) groups is 1. The predicted octanol–water partition coefficient (Wildman–Crippen LogP) is 3.23. The molecule has 28 heavy (non-hydrogen) atoms. The Balaban J connectivity index is 1.39. The number of carbonyl (C=O) groups excluding carboxylic acids is 1. The standard InChI is InChI=1S/C22H25FN2O3/c1-27-20-7-5-17(6-8-20)14-24-11-9-22(10-12-24)16-25(21(26)15-28-22)19-4-2-3-18(23)13-19/h2-8,13H,9-12,14-16H2,1H3. The summed E-state index contributed by atoms with van der Waals surface area (Å²) in [5.74, 6) is 0.413. The number of benzene rings is 2. The van der Waals surface area contributed by atoms with Gasteiger partial charge >= 0.3 is 0 Å². The van der Waals surface area contributed by atoms with Crippen molar-refractivity contribution in [2.45, 2.75) is 25.0 Å². The summed E-state index contributed by atoms with van der Waals surface area (Å²) in [6.45, 7) is 3.21. The number of likely N-dealkylation sites (tertiary alicyclic amines) is 1. The number of rotatable bonds is 4. The maximum absolute atomic E-state index is 13.6. The van der Waals surface area contributed by atoms with E-state index in [0.717, 1.165) is 38.2 Å². The molecule has 148 valence electrons. The van der Waals surface area contributed by atoms with Gasteiger partial charge in [-0.1, -0.05) is 18.2 Å². The molecular weight excluding hydrogens is 359 g/mol. The molecule has 0 unspecified atom stereocenters. The van der Waals surface area contributed by atoms with E-state index < -0.39 is 0 Å². The summed E-state index contributed by atoms with van der Waals surface area (Å²) in [5, 5.41) is 0. The maximum atomic E-state index is 13.6. The first-order valence-corrected chi connectivity index (χ1v) is 9.62. The Hall–Kier alpha value is -2.44. The first-order chi connectivity index (χ1) is 13.6.